The van der Waals surface area contributed by atoms with E-state index in [0.29, 0.717) is 40.5 Å². The molecule has 7 rings (SSSR count). The SMILES string of the molecule is COc1cc(/C=N\N2C(=O)[C@@H]3[C@H]4C=C[C@@H]([C@@H]5C[C@H]45)[C@@H]3C2=O)ccc1OCc1ccccc1Cl. The Balaban J connectivity index is 1.18. The van der Waals surface area contributed by atoms with E-state index in [9.17, 15) is 9.59 Å². The number of methoxy groups -OCH3 is 1. The van der Waals surface area contributed by atoms with Gasteiger partial charge in [0.25, 0.3) is 11.8 Å². The van der Waals surface area contributed by atoms with Crippen molar-refractivity contribution in [1.29, 1.82) is 0 Å². The van der Waals surface area contributed by atoms with Gasteiger partial charge in [-0.15, -0.1) is 0 Å². The fraction of sp³-hybridized carbons (Fsp3) is 0.346. The van der Waals surface area contributed by atoms with E-state index in [1.807, 2.05) is 30.3 Å². The highest BCUT2D eigenvalue weighted by Crippen LogP contribution is 2.65. The maximum absolute atomic E-state index is 13.1. The Hall–Kier alpha value is -3.12. The van der Waals surface area contributed by atoms with E-state index >= 15 is 0 Å². The summed E-state index contributed by atoms with van der Waals surface area (Å²) in [5.41, 5.74) is 1.58. The molecule has 6 atom stereocenters. The number of allylic oxidation sites excluding steroid dienone is 2. The monoisotopic (exact) mass is 462 g/mol. The van der Waals surface area contributed by atoms with E-state index in [4.69, 9.17) is 21.1 Å². The molecule has 4 aliphatic carbocycles. The van der Waals surface area contributed by atoms with Crippen LogP contribution in [-0.2, 0) is 16.2 Å². The number of amides is 2. The Morgan fingerprint density at radius 3 is 2.39 bits per heavy atom. The van der Waals surface area contributed by atoms with Gasteiger partial charge in [0.05, 0.1) is 25.2 Å². The van der Waals surface area contributed by atoms with Crippen LogP contribution in [0.25, 0.3) is 0 Å². The number of hydrogen-bond donors (Lipinski definition) is 0. The van der Waals surface area contributed by atoms with Crippen molar-refractivity contribution in [3.8, 4) is 11.5 Å². The molecule has 2 aromatic rings. The van der Waals surface area contributed by atoms with Crippen molar-refractivity contribution in [1.82, 2.24) is 5.01 Å². The first-order valence-electron chi connectivity index (χ1n) is 11.2. The Kier molecular flexibility index (Phi) is 4.80. The second-order valence-electron chi connectivity index (χ2n) is 9.18. The molecular weight excluding hydrogens is 440 g/mol. The molecule has 0 aromatic heterocycles. The molecule has 3 fully saturated rings. The van der Waals surface area contributed by atoms with Crippen molar-refractivity contribution in [2.24, 2.45) is 40.6 Å². The number of halogens is 1. The molecule has 7 heteroatoms. The van der Waals surface area contributed by atoms with E-state index in [1.54, 1.807) is 19.2 Å². The van der Waals surface area contributed by atoms with Gasteiger partial charge < -0.3 is 9.47 Å². The highest BCUT2D eigenvalue weighted by molar-refractivity contribution is 6.31. The number of benzene rings is 2. The summed E-state index contributed by atoms with van der Waals surface area (Å²) in [6.45, 7) is 0.307. The van der Waals surface area contributed by atoms with Crippen LogP contribution in [0.5, 0.6) is 11.5 Å². The van der Waals surface area contributed by atoms with Crippen molar-refractivity contribution in [3.05, 3.63) is 70.8 Å². The molecule has 1 aliphatic heterocycles. The van der Waals surface area contributed by atoms with Crippen LogP contribution in [0.15, 0.2) is 59.7 Å². The fourth-order valence-electron chi connectivity index (χ4n) is 5.83. The van der Waals surface area contributed by atoms with Crippen molar-refractivity contribution in [3.63, 3.8) is 0 Å². The van der Waals surface area contributed by atoms with Crippen molar-refractivity contribution >= 4 is 29.6 Å². The van der Waals surface area contributed by atoms with Gasteiger partial charge in [-0.05, 0) is 59.9 Å². The van der Waals surface area contributed by atoms with Crippen LogP contribution in [0.1, 0.15) is 17.5 Å². The van der Waals surface area contributed by atoms with Crippen LogP contribution in [0, 0.1) is 35.5 Å². The van der Waals surface area contributed by atoms with Crippen LogP contribution in [0.4, 0.5) is 0 Å². The number of carbonyl (C=O) groups excluding carboxylic acids is 2. The third-order valence-electron chi connectivity index (χ3n) is 7.49. The average Bonchev–Trinajstić information content (AvgIpc) is 3.62. The maximum atomic E-state index is 13.1. The number of carbonyl (C=O) groups is 2. The molecule has 6 nitrogen and oxygen atoms in total. The number of hydrazone groups is 1. The van der Waals surface area contributed by atoms with Crippen LogP contribution in [-0.4, -0.2) is 30.1 Å². The van der Waals surface area contributed by atoms with Crippen LogP contribution in [0.3, 0.4) is 0 Å². The van der Waals surface area contributed by atoms with E-state index < -0.39 is 0 Å². The lowest BCUT2D eigenvalue weighted by molar-refractivity contribution is -0.140. The predicted octanol–water partition coefficient (Wildman–Crippen LogP) is 4.31. The summed E-state index contributed by atoms with van der Waals surface area (Å²) in [5, 5.41) is 6.02. The van der Waals surface area contributed by atoms with Gasteiger partial charge in [-0.3, -0.25) is 9.59 Å². The summed E-state index contributed by atoms with van der Waals surface area (Å²) < 4.78 is 11.4. The minimum absolute atomic E-state index is 0.169. The zero-order valence-electron chi connectivity index (χ0n) is 18.1. The zero-order chi connectivity index (χ0) is 22.7. The summed E-state index contributed by atoms with van der Waals surface area (Å²) in [6.07, 6.45) is 6.99. The standard InChI is InChI=1S/C26H23ClN2O4/c1-32-22-10-14(6-9-21(22)33-13-15-4-2-3-5-20(15)27)12-28-29-25(30)23-16-7-8-17(19-11-18(16)19)24(23)26(29)31/h2-10,12,16-19,23-24H,11,13H2,1H3/b28-12-/t16-,17-,18-,19+,23-,24+/m0/s1. The van der Waals surface area contributed by atoms with Crippen molar-refractivity contribution in [2.45, 2.75) is 13.0 Å². The number of rotatable bonds is 6. The summed E-state index contributed by atoms with van der Waals surface area (Å²) in [6, 6.07) is 12.9. The number of imide groups is 1. The first kappa shape index (κ1) is 20.5. The quantitative estimate of drug-likeness (QED) is 0.364. The Morgan fingerprint density at radius 2 is 1.73 bits per heavy atom. The number of nitrogens with zero attached hydrogens (tertiary/aromatic N) is 2. The topological polar surface area (TPSA) is 68.2 Å². The molecule has 1 saturated heterocycles. The van der Waals surface area contributed by atoms with Gasteiger partial charge in [0.15, 0.2) is 11.5 Å². The molecular formula is C26H23ClN2O4. The van der Waals surface area contributed by atoms with Gasteiger partial charge >= 0.3 is 0 Å². The lowest BCUT2D eigenvalue weighted by atomic mass is 9.63. The highest BCUT2D eigenvalue weighted by atomic mass is 35.5. The third-order valence-corrected chi connectivity index (χ3v) is 7.86. The van der Waals surface area contributed by atoms with Crippen LogP contribution in [0.2, 0.25) is 5.02 Å². The first-order valence-corrected chi connectivity index (χ1v) is 11.6. The first-order chi connectivity index (χ1) is 16.1. The normalized spacial score (nSPS) is 31.2. The van der Waals surface area contributed by atoms with Crippen molar-refractivity contribution < 1.29 is 19.1 Å². The van der Waals surface area contributed by atoms with Gasteiger partial charge in [0.1, 0.15) is 6.61 Å². The molecule has 2 saturated carbocycles. The van der Waals surface area contributed by atoms with Crippen LogP contribution >= 0.6 is 11.6 Å². The Morgan fingerprint density at radius 1 is 1.03 bits per heavy atom. The lowest BCUT2D eigenvalue weighted by Gasteiger charge is -2.37. The van der Waals surface area contributed by atoms with Gasteiger partial charge in [-0.1, -0.05) is 42.0 Å². The highest BCUT2D eigenvalue weighted by Gasteiger charge is 2.67. The zero-order valence-corrected chi connectivity index (χ0v) is 18.8. The van der Waals surface area contributed by atoms with E-state index in [-0.39, 0.29) is 35.5 Å². The summed E-state index contributed by atoms with van der Waals surface area (Å²) >= 11 is 6.20. The Labute approximate surface area is 196 Å². The van der Waals surface area contributed by atoms with Gasteiger partial charge in [0.2, 0.25) is 0 Å². The van der Waals surface area contributed by atoms with Gasteiger partial charge in [-0.2, -0.15) is 10.1 Å². The predicted molar refractivity (Wildman–Crippen MR) is 123 cm³/mol. The Bertz CT molecular complexity index is 1170. The molecule has 0 spiro atoms. The largest absolute Gasteiger partial charge is 0.493 e. The molecule has 2 bridgehead atoms. The average molecular weight is 463 g/mol. The minimum atomic E-state index is -0.247. The molecule has 0 radical (unpaired) electrons. The second kappa shape index (κ2) is 7.73. The number of hydrogen-bond acceptors (Lipinski definition) is 5. The van der Waals surface area contributed by atoms with Gasteiger partial charge in [0, 0.05) is 10.6 Å². The molecule has 0 N–H and O–H groups in total. The molecule has 168 valence electrons. The van der Waals surface area contributed by atoms with E-state index in [1.165, 1.54) is 6.21 Å². The molecule has 2 amide bonds. The fourth-order valence-corrected chi connectivity index (χ4v) is 6.02. The maximum Gasteiger partial charge on any atom is 0.254 e. The van der Waals surface area contributed by atoms with E-state index in [0.717, 1.165) is 17.0 Å². The molecule has 5 aliphatic rings. The van der Waals surface area contributed by atoms with Crippen LogP contribution < -0.4 is 9.47 Å². The minimum Gasteiger partial charge on any atom is -0.493 e. The number of ether oxygens (including phenoxy) is 2. The summed E-state index contributed by atoms with van der Waals surface area (Å²) in [7, 11) is 1.56. The summed E-state index contributed by atoms with van der Waals surface area (Å²) in [4.78, 5) is 26.1. The second-order valence-corrected chi connectivity index (χ2v) is 9.59. The molecule has 1 heterocycles. The van der Waals surface area contributed by atoms with Gasteiger partial charge in [-0.25, -0.2) is 0 Å². The van der Waals surface area contributed by atoms with Crippen molar-refractivity contribution in [2.75, 3.05) is 7.11 Å². The van der Waals surface area contributed by atoms with E-state index in [2.05, 4.69) is 17.3 Å². The smallest absolute Gasteiger partial charge is 0.254 e. The third kappa shape index (κ3) is 3.27. The molecule has 2 aromatic carbocycles. The summed E-state index contributed by atoms with van der Waals surface area (Å²) in [5.74, 6) is 1.79. The lowest BCUT2D eigenvalue weighted by Crippen LogP contribution is -2.40. The molecule has 0 unspecified atom stereocenters. The molecule has 33 heavy (non-hydrogen) atoms.